The molecular formula is C24H28FN3O2. The molecule has 0 bridgehead atoms. The van der Waals surface area contributed by atoms with E-state index < -0.39 is 6.04 Å². The number of hydrogen-bond donors (Lipinski definition) is 0. The minimum Gasteiger partial charge on any atom is -0.497 e. The van der Waals surface area contributed by atoms with Crippen molar-refractivity contribution >= 4 is 11.6 Å². The summed E-state index contributed by atoms with van der Waals surface area (Å²) in [6, 6.07) is 14.2. The quantitative estimate of drug-likeness (QED) is 0.736. The summed E-state index contributed by atoms with van der Waals surface area (Å²) in [6.45, 7) is 3.38. The maximum absolute atomic E-state index is 14.6. The van der Waals surface area contributed by atoms with E-state index in [-0.39, 0.29) is 11.7 Å². The molecule has 2 atom stereocenters. The zero-order chi connectivity index (χ0) is 21.1. The predicted molar refractivity (Wildman–Crippen MR) is 115 cm³/mol. The molecule has 158 valence electrons. The monoisotopic (exact) mass is 409 g/mol. The number of carbonyl (C=O) groups is 1. The fourth-order valence-electron chi connectivity index (χ4n) is 4.34. The van der Waals surface area contributed by atoms with E-state index in [1.807, 2.05) is 24.3 Å². The molecule has 2 aliphatic rings. The average Bonchev–Trinajstić information content (AvgIpc) is 3.21. The van der Waals surface area contributed by atoms with Crippen molar-refractivity contribution < 1.29 is 13.9 Å². The lowest BCUT2D eigenvalue weighted by atomic mass is 9.97. The van der Waals surface area contributed by atoms with Crippen LogP contribution in [0.15, 0.2) is 53.6 Å². The van der Waals surface area contributed by atoms with Crippen molar-refractivity contribution in [3.05, 3.63) is 65.5 Å². The van der Waals surface area contributed by atoms with Crippen LogP contribution in [0.5, 0.6) is 5.75 Å². The van der Waals surface area contributed by atoms with Crippen LogP contribution in [-0.2, 0) is 4.79 Å². The van der Waals surface area contributed by atoms with Gasteiger partial charge in [0.05, 0.1) is 25.4 Å². The van der Waals surface area contributed by atoms with E-state index in [9.17, 15) is 9.18 Å². The third kappa shape index (κ3) is 4.24. The normalized spacial score (nSPS) is 22.1. The predicted octanol–water partition coefficient (Wildman–Crippen LogP) is 4.39. The highest BCUT2D eigenvalue weighted by molar-refractivity contribution is 6.03. The van der Waals surface area contributed by atoms with Crippen LogP contribution in [0.3, 0.4) is 0 Å². The van der Waals surface area contributed by atoms with Crippen LogP contribution in [0.2, 0.25) is 0 Å². The number of hydrazone groups is 1. The molecule has 1 fully saturated rings. The number of piperidine rings is 1. The lowest BCUT2D eigenvalue weighted by molar-refractivity contribution is -0.135. The average molecular weight is 410 g/mol. The van der Waals surface area contributed by atoms with Gasteiger partial charge in [-0.1, -0.05) is 36.8 Å². The number of methoxy groups -OCH3 is 1. The first-order valence-electron chi connectivity index (χ1n) is 10.6. The highest BCUT2D eigenvalue weighted by atomic mass is 19.1. The number of likely N-dealkylation sites (tertiary alicyclic amines) is 1. The number of amides is 1. The largest absolute Gasteiger partial charge is 0.497 e. The molecule has 2 aromatic rings. The topological polar surface area (TPSA) is 45.1 Å². The maximum atomic E-state index is 14.6. The number of hydrogen-bond acceptors (Lipinski definition) is 4. The zero-order valence-corrected chi connectivity index (χ0v) is 17.6. The van der Waals surface area contributed by atoms with Gasteiger partial charge >= 0.3 is 0 Å². The smallest absolute Gasteiger partial charge is 0.257 e. The molecule has 2 aromatic carbocycles. The summed E-state index contributed by atoms with van der Waals surface area (Å²) < 4.78 is 20.0. The molecule has 5 nitrogen and oxygen atoms in total. The Morgan fingerprint density at radius 1 is 1.20 bits per heavy atom. The van der Waals surface area contributed by atoms with E-state index in [0.717, 1.165) is 36.4 Å². The molecule has 30 heavy (non-hydrogen) atoms. The van der Waals surface area contributed by atoms with Crippen LogP contribution in [0.4, 0.5) is 4.39 Å². The molecule has 6 heteroatoms. The van der Waals surface area contributed by atoms with Crippen LogP contribution in [0, 0.1) is 5.82 Å². The summed E-state index contributed by atoms with van der Waals surface area (Å²) in [7, 11) is 1.62. The number of rotatable bonds is 5. The maximum Gasteiger partial charge on any atom is 0.257 e. The van der Waals surface area contributed by atoms with Crippen molar-refractivity contribution in [1.82, 2.24) is 9.91 Å². The summed E-state index contributed by atoms with van der Waals surface area (Å²) in [5.41, 5.74) is 2.15. The van der Waals surface area contributed by atoms with Crippen LogP contribution < -0.4 is 4.74 Å². The van der Waals surface area contributed by atoms with E-state index in [1.54, 1.807) is 25.3 Å². The van der Waals surface area contributed by atoms with Crippen molar-refractivity contribution in [3.8, 4) is 5.75 Å². The summed E-state index contributed by atoms with van der Waals surface area (Å²) in [6.07, 6.45) is 3.87. The van der Waals surface area contributed by atoms with Crippen molar-refractivity contribution in [2.45, 2.75) is 44.7 Å². The zero-order valence-electron chi connectivity index (χ0n) is 17.6. The first kappa shape index (κ1) is 20.5. The van der Waals surface area contributed by atoms with Gasteiger partial charge in [0, 0.05) is 23.6 Å². The standard InChI is InChI=1S/C24H28FN3O2/c1-17-8-5-6-13-27(17)16-24(29)28-23(20-11-3-4-12-21(20)25)15-22(26-28)18-9-7-10-19(14-18)30-2/h3-4,7,9-12,14,17,23H,5-6,8,13,15-16H2,1-2H3/t17-,23+/m0/s1. The second-order valence-electron chi connectivity index (χ2n) is 8.07. The minimum atomic E-state index is -0.444. The Bertz CT molecular complexity index is 946. The Morgan fingerprint density at radius 2 is 2.03 bits per heavy atom. The number of ether oxygens (including phenoxy) is 1. The van der Waals surface area contributed by atoms with Gasteiger partial charge in [-0.2, -0.15) is 5.10 Å². The van der Waals surface area contributed by atoms with Crippen LogP contribution in [-0.4, -0.2) is 47.8 Å². The number of halogens is 1. The summed E-state index contributed by atoms with van der Waals surface area (Å²) in [4.78, 5) is 15.5. The molecule has 0 unspecified atom stereocenters. The summed E-state index contributed by atoms with van der Waals surface area (Å²) >= 11 is 0. The Kier molecular flexibility index (Phi) is 6.13. The summed E-state index contributed by atoms with van der Waals surface area (Å²) in [5.74, 6) is 0.327. The molecule has 4 rings (SSSR count). The molecular weight excluding hydrogens is 381 g/mol. The molecule has 1 amide bonds. The molecule has 2 heterocycles. The minimum absolute atomic E-state index is 0.0881. The second kappa shape index (κ2) is 8.96. The van der Waals surface area contributed by atoms with Crippen LogP contribution in [0.1, 0.15) is 49.8 Å². The first-order chi connectivity index (χ1) is 14.6. The van der Waals surface area contributed by atoms with E-state index in [0.29, 0.717) is 24.6 Å². The molecule has 0 radical (unpaired) electrons. The number of benzene rings is 2. The molecule has 0 N–H and O–H groups in total. The number of carbonyl (C=O) groups excluding carboxylic acids is 1. The van der Waals surface area contributed by atoms with Gasteiger partial charge in [-0.15, -0.1) is 0 Å². The molecule has 0 aliphatic carbocycles. The van der Waals surface area contributed by atoms with Gasteiger partial charge in [-0.3, -0.25) is 9.69 Å². The van der Waals surface area contributed by atoms with Gasteiger partial charge in [-0.25, -0.2) is 9.40 Å². The van der Waals surface area contributed by atoms with Gasteiger partial charge in [0.1, 0.15) is 11.6 Å². The molecule has 0 spiro atoms. The Labute approximate surface area is 177 Å². The first-order valence-corrected chi connectivity index (χ1v) is 10.6. The SMILES string of the molecule is COc1cccc(C2=NN(C(=O)CN3CCCC[C@@H]3C)[C@@H](c3ccccc3F)C2)c1. The molecule has 1 saturated heterocycles. The third-order valence-electron chi connectivity index (χ3n) is 6.11. The van der Waals surface area contributed by atoms with E-state index in [2.05, 4.69) is 16.9 Å². The Balaban J connectivity index is 1.64. The Hall–Kier alpha value is -2.73. The third-order valence-corrected chi connectivity index (χ3v) is 6.11. The van der Waals surface area contributed by atoms with Crippen molar-refractivity contribution in [1.29, 1.82) is 0 Å². The van der Waals surface area contributed by atoms with E-state index >= 15 is 0 Å². The molecule has 0 aromatic heterocycles. The highest BCUT2D eigenvalue weighted by Gasteiger charge is 2.35. The van der Waals surface area contributed by atoms with Gasteiger partial charge in [-0.05, 0) is 44.5 Å². The molecule has 0 saturated carbocycles. The van der Waals surface area contributed by atoms with Gasteiger partial charge in [0.15, 0.2) is 0 Å². The fourth-order valence-corrected chi connectivity index (χ4v) is 4.34. The summed E-state index contributed by atoms with van der Waals surface area (Å²) in [5, 5.41) is 6.17. The van der Waals surface area contributed by atoms with Crippen LogP contribution >= 0.6 is 0 Å². The number of nitrogens with zero attached hydrogens (tertiary/aromatic N) is 3. The van der Waals surface area contributed by atoms with Gasteiger partial charge < -0.3 is 4.74 Å². The second-order valence-corrected chi connectivity index (χ2v) is 8.07. The Morgan fingerprint density at radius 3 is 2.80 bits per heavy atom. The lowest BCUT2D eigenvalue weighted by Gasteiger charge is -2.34. The molecule has 2 aliphatic heterocycles. The van der Waals surface area contributed by atoms with Crippen LogP contribution in [0.25, 0.3) is 0 Å². The lowest BCUT2D eigenvalue weighted by Crippen LogP contribution is -2.44. The van der Waals surface area contributed by atoms with Crippen molar-refractivity contribution in [2.75, 3.05) is 20.2 Å². The van der Waals surface area contributed by atoms with E-state index in [1.165, 1.54) is 17.5 Å². The van der Waals surface area contributed by atoms with Gasteiger partial charge in [0.25, 0.3) is 5.91 Å². The van der Waals surface area contributed by atoms with E-state index in [4.69, 9.17) is 4.74 Å². The van der Waals surface area contributed by atoms with Gasteiger partial charge in [0.2, 0.25) is 0 Å². The highest BCUT2D eigenvalue weighted by Crippen LogP contribution is 2.35. The van der Waals surface area contributed by atoms with Crippen molar-refractivity contribution in [2.24, 2.45) is 5.10 Å². The fraction of sp³-hybridized carbons (Fsp3) is 0.417. The van der Waals surface area contributed by atoms with Crippen molar-refractivity contribution in [3.63, 3.8) is 0 Å².